The van der Waals surface area contributed by atoms with Gasteiger partial charge in [0.25, 0.3) is 0 Å². The van der Waals surface area contributed by atoms with Gasteiger partial charge in [-0.25, -0.2) is 0 Å². The second-order valence-corrected chi connectivity index (χ2v) is 9.45. The van der Waals surface area contributed by atoms with Crippen LogP contribution in [0.15, 0.2) is 0 Å². The number of hydrogen-bond donors (Lipinski definition) is 0. The van der Waals surface area contributed by atoms with Crippen molar-refractivity contribution in [2.75, 3.05) is 13.2 Å². The van der Waals surface area contributed by atoms with E-state index in [0.717, 1.165) is 26.1 Å². The number of rotatable bonds is 27. The molecule has 30 heavy (non-hydrogen) atoms. The second kappa shape index (κ2) is 29.0. The molecule has 0 amide bonds. The van der Waals surface area contributed by atoms with Crippen LogP contribution in [-0.2, 0) is 4.74 Å². The van der Waals surface area contributed by atoms with Crippen LogP contribution < -0.4 is 0 Å². The number of unbranched alkanes of at least 4 members (excludes halogenated alkanes) is 23. The van der Waals surface area contributed by atoms with Crippen molar-refractivity contribution in [2.24, 2.45) is 0 Å². The molecule has 1 heteroatoms. The summed E-state index contributed by atoms with van der Waals surface area (Å²) in [6.45, 7) is 9.78. The average Bonchev–Trinajstić information content (AvgIpc) is 2.76. The molecule has 0 aliphatic carbocycles. The molecule has 0 saturated heterocycles. The van der Waals surface area contributed by atoms with Gasteiger partial charge >= 0.3 is 0 Å². The minimum Gasteiger partial charge on any atom is -0.381 e. The topological polar surface area (TPSA) is 9.23 Å². The quantitative estimate of drug-likeness (QED) is 0.120. The predicted octanol–water partition coefficient (Wildman–Crippen LogP) is 10.4. The summed E-state index contributed by atoms with van der Waals surface area (Å²) in [5.41, 5.74) is 0. The fourth-order valence-electron chi connectivity index (χ4n) is 4.22. The molecular weight excluding hydrogens is 364 g/mol. The summed E-state index contributed by atoms with van der Waals surface area (Å²) in [6, 6.07) is 0. The lowest BCUT2D eigenvalue weighted by molar-refractivity contribution is 0.125. The van der Waals surface area contributed by atoms with E-state index < -0.39 is 0 Å². The third-order valence-corrected chi connectivity index (χ3v) is 6.33. The van der Waals surface area contributed by atoms with Crippen LogP contribution in [0, 0.1) is 13.8 Å². The zero-order valence-corrected chi connectivity index (χ0v) is 20.9. The summed E-state index contributed by atoms with van der Waals surface area (Å²) in [5, 5.41) is 0. The normalized spacial score (nSPS) is 11.4. The third kappa shape index (κ3) is 28.0. The number of hydrogen-bond acceptors (Lipinski definition) is 1. The summed E-state index contributed by atoms with van der Waals surface area (Å²) in [4.78, 5) is 0. The van der Waals surface area contributed by atoms with Crippen molar-refractivity contribution in [3.8, 4) is 0 Å². The summed E-state index contributed by atoms with van der Waals surface area (Å²) in [6.07, 6.45) is 34.4. The molecule has 0 aliphatic rings. The number of ether oxygens (including phenoxy) is 1. The van der Waals surface area contributed by atoms with Crippen LogP contribution in [0.3, 0.4) is 0 Å². The average molecular weight is 423 g/mol. The zero-order valence-electron chi connectivity index (χ0n) is 20.9. The van der Waals surface area contributed by atoms with Crippen molar-refractivity contribution in [3.63, 3.8) is 0 Å². The van der Waals surface area contributed by atoms with Gasteiger partial charge in [-0.05, 0) is 12.8 Å². The van der Waals surface area contributed by atoms with Crippen molar-refractivity contribution < 1.29 is 4.74 Å². The summed E-state index contributed by atoms with van der Waals surface area (Å²) in [7, 11) is 0. The van der Waals surface area contributed by atoms with Crippen LogP contribution in [0.5, 0.6) is 0 Å². The first-order valence-corrected chi connectivity index (χ1v) is 14.1. The van der Waals surface area contributed by atoms with Gasteiger partial charge in [0.2, 0.25) is 0 Å². The minimum absolute atomic E-state index is 0.984. The van der Waals surface area contributed by atoms with Gasteiger partial charge in [0, 0.05) is 13.2 Å². The van der Waals surface area contributed by atoms with Gasteiger partial charge in [0.1, 0.15) is 0 Å². The highest BCUT2D eigenvalue weighted by atomic mass is 16.5. The predicted molar refractivity (Wildman–Crippen MR) is 137 cm³/mol. The van der Waals surface area contributed by atoms with E-state index in [1.54, 1.807) is 0 Å². The Morgan fingerprint density at radius 1 is 0.267 bits per heavy atom. The molecule has 180 valence electrons. The highest BCUT2D eigenvalue weighted by Gasteiger charge is 1.96. The van der Waals surface area contributed by atoms with E-state index in [0.29, 0.717) is 0 Å². The molecular formula is C29H58O. The fraction of sp³-hybridized carbons (Fsp3) is 0.931. The summed E-state index contributed by atoms with van der Waals surface area (Å²) in [5.74, 6) is 0. The Morgan fingerprint density at radius 3 is 0.700 bits per heavy atom. The molecule has 0 rings (SSSR count). The van der Waals surface area contributed by atoms with Gasteiger partial charge in [-0.15, -0.1) is 0 Å². The van der Waals surface area contributed by atoms with E-state index in [9.17, 15) is 0 Å². The smallest absolute Gasteiger partial charge is 0.0466 e. The van der Waals surface area contributed by atoms with E-state index in [1.807, 2.05) is 0 Å². The monoisotopic (exact) mass is 422 g/mol. The van der Waals surface area contributed by atoms with Crippen LogP contribution in [-0.4, -0.2) is 13.2 Å². The minimum atomic E-state index is 0.984. The first-order valence-electron chi connectivity index (χ1n) is 14.1. The highest BCUT2D eigenvalue weighted by molar-refractivity contribution is 4.51. The van der Waals surface area contributed by atoms with E-state index >= 15 is 0 Å². The van der Waals surface area contributed by atoms with Crippen molar-refractivity contribution in [1.29, 1.82) is 0 Å². The van der Waals surface area contributed by atoms with E-state index in [1.165, 1.54) is 148 Å². The van der Waals surface area contributed by atoms with Crippen molar-refractivity contribution in [2.45, 2.75) is 161 Å². The maximum absolute atomic E-state index is 5.80. The molecule has 0 spiro atoms. The standard InChI is InChI=1S/C29H58O/c1-3-5-7-9-11-13-14-15-16-17-18-19-21-23-25-27-29-30-28-26-24-22-20-12-10-8-6-4-2/h1-29H2. The Bertz CT molecular complexity index is 248. The molecule has 0 atom stereocenters. The molecule has 0 saturated carbocycles. The van der Waals surface area contributed by atoms with Crippen molar-refractivity contribution in [3.05, 3.63) is 13.8 Å². The Morgan fingerprint density at radius 2 is 0.467 bits per heavy atom. The molecule has 2 radical (unpaired) electrons. The van der Waals surface area contributed by atoms with E-state index in [4.69, 9.17) is 4.74 Å². The molecule has 0 unspecified atom stereocenters. The van der Waals surface area contributed by atoms with E-state index in [2.05, 4.69) is 13.8 Å². The van der Waals surface area contributed by atoms with Gasteiger partial charge < -0.3 is 4.74 Å². The molecule has 0 bridgehead atoms. The lowest BCUT2D eigenvalue weighted by atomic mass is 10.0. The lowest BCUT2D eigenvalue weighted by Crippen LogP contribution is -1.97. The molecule has 0 N–H and O–H groups in total. The Kier molecular flexibility index (Phi) is 28.9. The van der Waals surface area contributed by atoms with Gasteiger partial charge in [-0.2, -0.15) is 0 Å². The molecule has 0 aliphatic heterocycles. The molecule has 0 aromatic carbocycles. The molecule has 0 heterocycles. The molecule has 0 aromatic heterocycles. The van der Waals surface area contributed by atoms with E-state index in [-0.39, 0.29) is 0 Å². The first kappa shape index (κ1) is 30.0. The van der Waals surface area contributed by atoms with Gasteiger partial charge in [0.15, 0.2) is 0 Å². The van der Waals surface area contributed by atoms with Crippen LogP contribution in [0.2, 0.25) is 0 Å². The second-order valence-electron chi connectivity index (χ2n) is 9.45. The Balaban J connectivity index is 2.97. The van der Waals surface area contributed by atoms with Crippen LogP contribution in [0.4, 0.5) is 0 Å². The van der Waals surface area contributed by atoms with Gasteiger partial charge in [-0.1, -0.05) is 162 Å². The van der Waals surface area contributed by atoms with Gasteiger partial charge in [0.05, 0.1) is 0 Å². The fourth-order valence-corrected chi connectivity index (χ4v) is 4.22. The largest absolute Gasteiger partial charge is 0.381 e. The van der Waals surface area contributed by atoms with Crippen LogP contribution in [0.1, 0.15) is 161 Å². The summed E-state index contributed by atoms with van der Waals surface area (Å²) >= 11 is 0. The summed E-state index contributed by atoms with van der Waals surface area (Å²) < 4.78 is 5.80. The maximum Gasteiger partial charge on any atom is 0.0466 e. The van der Waals surface area contributed by atoms with Gasteiger partial charge in [-0.3, -0.25) is 0 Å². The van der Waals surface area contributed by atoms with Crippen molar-refractivity contribution >= 4 is 0 Å². The lowest BCUT2D eigenvalue weighted by Gasteiger charge is -2.05. The van der Waals surface area contributed by atoms with Crippen LogP contribution >= 0.6 is 0 Å². The molecule has 0 fully saturated rings. The third-order valence-electron chi connectivity index (χ3n) is 6.33. The molecule has 0 aromatic rings. The molecule has 1 nitrogen and oxygen atoms in total. The van der Waals surface area contributed by atoms with Crippen LogP contribution in [0.25, 0.3) is 0 Å². The maximum atomic E-state index is 5.80. The Labute approximate surface area is 192 Å². The Hall–Kier alpha value is -0.0400. The van der Waals surface area contributed by atoms with Crippen molar-refractivity contribution in [1.82, 2.24) is 0 Å². The SMILES string of the molecule is [CH2]CCCCCCCCCCCCCCCCCOCCCCCCCCCC[CH2]. The zero-order chi connectivity index (χ0) is 21.8. The highest BCUT2D eigenvalue weighted by Crippen LogP contribution is 2.14. The first-order chi connectivity index (χ1) is 14.9.